The summed E-state index contributed by atoms with van der Waals surface area (Å²) >= 11 is 3.49. The van der Waals surface area contributed by atoms with Crippen LogP contribution in [0.4, 0.5) is 0 Å². The molecule has 0 aliphatic heterocycles. The van der Waals surface area contributed by atoms with Crippen molar-refractivity contribution < 1.29 is 0 Å². The number of aryl methyl sites for hydroxylation is 2. The molecule has 2 rings (SSSR count). The zero-order valence-electron chi connectivity index (χ0n) is 10.4. The van der Waals surface area contributed by atoms with Crippen LogP contribution in [0.1, 0.15) is 23.1 Å². The lowest BCUT2D eigenvalue weighted by Gasteiger charge is -2.16. The van der Waals surface area contributed by atoms with Crippen LogP contribution in [0.5, 0.6) is 0 Å². The van der Waals surface area contributed by atoms with Gasteiger partial charge in [0.1, 0.15) is 0 Å². The van der Waals surface area contributed by atoms with Gasteiger partial charge in [-0.2, -0.15) is 5.10 Å². The molecule has 96 valence electrons. The molecule has 18 heavy (non-hydrogen) atoms. The minimum Gasteiger partial charge on any atom is -0.272 e. The van der Waals surface area contributed by atoms with Crippen molar-refractivity contribution in [2.24, 2.45) is 12.9 Å². The number of rotatable bonds is 4. The highest BCUT2D eigenvalue weighted by molar-refractivity contribution is 9.10. The van der Waals surface area contributed by atoms with Crippen LogP contribution in [0.3, 0.4) is 0 Å². The molecule has 0 amide bonds. The highest BCUT2D eigenvalue weighted by Crippen LogP contribution is 2.23. The van der Waals surface area contributed by atoms with E-state index >= 15 is 0 Å². The molecule has 0 spiro atoms. The molecule has 1 unspecified atom stereocenters. The second kappa shape index (κ2) is 5.60. The molecule has 0 fully saturated rings. The van der Waals surface area contributed by atoms with Crippen LogP contribution in [0.2, 0.25) is 0 Å². The van der Waals surface area contributed by atoms with Gasteiger partial charge in [-0.25, -0.2) is 0 Å². The summed E-state index contributed by atoms with van der Waals surface area (Å²) in [4.78, 5) is 4.36. The SMILES string of the molecule is Cc1cc(CC(NN)c2ncccc2Br)n(C)n1. The Morgan fingerprint density at radius 1 is 1.56 bits per heavy atom. The largest absolute Gasteiger partial charge is 0.272 e. The number of hydrazine groups is 1. The van der Waals surface area contributed by atoms with Crippen LogP contribution in [0.25, 0.3) is 0 Å². The van der Waals surface area contributed by atoms with Gasteiger partial charge >= 0.3 is 0 Å². The Kier molecular flexibility index (Phi) is 4.11. The Labute approximate surface area is 115 Å². The maximum absolute atomic E-state index is 5.64. The molecule has 5 nitrogen and oxygen atoms in total. The molecule has 2 aromatic heterocycles. The number of hydrogen-bond acceptors (Lipinski definition) is 4. The molecule has 2 heterocycles. The average molecular weight is 310 g/mol. The summed E-state index contributed by atoms with van der Waals surface area (Å²) in [5.74, 6) is 5.64. The number of nitrogens with zero attached hydrogens (tertiary/aromatic N) is 3. The zero-order valence-corrected chi connectivity index (χ0v) is 12.0. The van der Waals surface area contributed by atoms with Crippen LogP contribution >= 0.6 is 15.9 Å². The van der Waals surface area contributed by atoms with Crippen LogP contribution in [0.15, 0.2) is 28.9 Å². The summed E-state index contributed by atoms with van der Waals surface area (Å²) < 4.78 is 2.82. The summed E-state index contributed by atoms with van der Waals surface area (Å²) in [6.45, 7) is 1.98. The molecule has 0 aliphatic carbocycles. The third kappa shape index (κ3) is 2.77. The van der Waals surface area contributed by atoms with Crippen molar-refractivity contribution >= 4 is 15.9 Å². The van der Waals surface area contributed by atoms with Crippen molar-refractivity contribution in [3.05, 3.63) is 46.0 Å². The molecule has 0 saturated heterocycles. The van der Waals surface area contributed by atoms with E-state index in [1.165, 1.54) is 0 Å². The molecular formula is C12H16BrN5. The van der Waals surface area contributed by atoms with Gasteiger partial charge < -0.3 is 0 Å². The lowest BCUT2D eigenvalue weighted by atomic mass is 10.1. The first-order valence-electron chi connectivity index (χ1n) is 5.68. The highest BCUT2D eigenvalue weighted by Gasteiger charge is 2.17. The van der Waals surface area contributed by atoms with E-state index in [1.807, 2.05) is 30.8 Å². The topological polar surface area (TPSA) is 68.8 Å². The minimum absolute atomic E-state index is 0.0459. The number of aromatic nitrogens is 3. The number of pyridine rings is 1. The minimum atomic E-state index is -0.0459. The van der Waals surface area contributed by atoms with Gasteiger partial charge in [-0.3, -0.25) is 20.9 Å². The Bertz CT molecular complexity index is 537. The highest BCUT2D eigenvalue weighted by atomic mass is 79.9. The van der Waals surface area contributed by atoms with Crippen molar-refractivity contribution in [2.75, 3.05) is 0 Å². The second-order valence-electron chi connectivity index (χ2n) is 4.19. The molecule has 0 radical (unpaired) electrons. The Morgan fingerprint density at radius 2 is 2.33 bits per heavy atom. The quantitative estimate of drug-likeness (QED) is 0.665. The van der Waals surface area contributed by atoms with Gasteiger partial charge in [0.25, 0.3) is 0 Å². The predicted molar refractivity (Wildman–Crippen MR) is 73.7 cm³/mol. The van der Waals surface area contributed by atoms with Crippen molar-refractivity contribution in [3.8, 4) is 0 Å². The summed E-state index contributed by atoms with van der Waals surface area (Å²) in [7, 11) is 1.93. The van der Waals surface area contributed by atoms with Crippen LogP contribution < -0.4 is 11.3 Å². The summed E-state index contributed by atoms with van der Waals surface area (Å²) in [5, 5.41) is 4.33. The fourth-order valence-corrected chi connectivity index (χ4v) is 2.48. The van der Waals surface area contributed by atoms with Crippen LogP contribution in [-0.2, 0) is 13.5 Å². The van der Waals surface area contributed by atoms with Gasteiger partial charge in [0.05, 0.1) is 17.4 Å². The predicted octanol–water partition coefficient (Wildman–Crippen LogP) is 1.63. The van der Waals surface area contributed by atoms with E-state index in [4.69, 9.17) is 5.84 Å². The van der Waals surface area contributed by atoms with Gasteiger partial charge in [0.2, 0.25) is 0 Å². The van der Waals surface area contributed by atoms with Crippen molar-refractivity contribution in [3.63, 3.8) is 0 Å². The molecule has 3 N–H and O–H groups in total. The average Bonchev–Trinajstić information content (AvgIpc) is 2.66. The molecular weight excluding hydrogens is 294 g/mol. The van der Waals surface area contributed by atoms with E-state index in [2.05, 4.69) is 37.5 Å². The molecule has 0 bridgehead atoms. The molecule has 1 atom stereocenters. The first-order chi connectivity index (χ1) is 8.61. The number of nitrogens with two attached hydrogens (primary N) is 1. The third-order valence-corrected chi connectivity index (χ3v) is 3.50. The van der Waals surface area contributed by atoms with E-state index in [0.717, 1.165) is 28.0 Å². The monoisotopic (exact) mass is 309 g/mol. The Morgan fingerprint density at radius 3 is 2.89 bits per heavy atom. The number of nitrogens with one attached hydrogen (secondary N) is 1. The Balaban J connectivity index is 2.25. The summed E-state index contributed by atoms with van der Waals surface area (Å²) in [5.41, 5.74) is 5.83. The number of halogens is 1. The van der Waals surface area contributed by atoms with Crippen LogP contribution in [-0.4, -0.2) is 14.8 Å². The fourth-order valence-electron chi connectivity index (χ4n) is 1.95. The lowest BCUT2D eigenvalue weighted by molar-refractivity contribution is 0.516. The first-order valence-corrected chi connectivity index (χ1v) is 6.47. The second-order valence-corrected chi connectivity index (χ2v) is 5.05. The maximum Gasteiger partial charge on any atom is 0.0732 e. The molecule has 2 aromatic rings. The molecule has 0 saturated carbocycles. The van der Waals surface area contributed by atoms with Crippen molar-refractivity contribution in [1.82, 2.24) is 20.2 Å². The van der Waals surface area contributed by atoms with Gasteiger partial charge in [0, 0.05) is 29.8 Å². The van der Waals surface area contributed by atoms with E-state index in [0.29, 0.717) is 0 Å². The van der Waals surface area contributed by atoms with Crippen molar-refractivity contribution in [2.45, 2.75) is 19.4 Å². The van der Waals surface area contributed by atoms with Gasteiger partial charge in [0.15, 0.2) is 0 Å². The third-order valence-electron chi connectivity index (χ3n) is 2.83. The standard InChI is InChI=1S/C12H16BrN5/c1-8-6-9(18(2)17-8)7-11(16-14)12-10(13)4-3-5-15-12/h3-6,11,16H,7,14H2,1-2H3. The maximum atomic E-state index is 5.64. The van der Waals surface area contributed by atoms with Gasteiger partial charge in [-0.05, 0) is 41.1 Å². The summed E-state index contributed by atoms with van der Waals surface area (Å²) in [6, 6.07) is 5.85. The molecule has 6 heteroatoms. The fraction of sp³-hybridized carbons (Fsp3) is 0.333. The van der Waals surface area contributed by atoms with Crippen molar-refractivity contribution in [1.29, 1.82) is 0 Å². The van der Waals surface area contributed by atoms with E-state index in [1.54, 1.807) is 6.20 Å². The van der Waals surface area contributed by atoms with E-state index in [-0.39, 0.29) is 6.04 Å². The smallest absolute Gasteiger partial charge is 0.0732 e. The normalized spacial score (nSPS) is 12.7. The van der Waals surface area contributed by atoms with E-state index in [9.17, 15) is 0 Å². The number of hydrogen-bond donors (Lipinski definition) is 2. The van der Waals surface area contributed by atoms with Gasteiger partial charge in [-0.1, -0.05) is 0 Å². The van der Waals surface area contributed by atoms with E-state index < -0.39 is 0 Å². The first kappa shape index (κ1) is 13.2. The summed E-state index contributed by atoms with van der Waals surface area (Å²) in [6.07, 6.45) is 2.50. The molecule has 0 aliphatic rings. The Hall–Kier alpha value is -1.24. The lowest BCUT2D eigenvalue weighted by Crippen LogP contribution is -2.31. The zero-order chi connectivity index (χ0) is 13.1. The molecule has 0 aromatic carbocycles. The van der Waals surface area contributed by atoms with Crippen LogP contribution in [0, 0.1) is 6.92 Å². The van der Waals surface area contributed by atoms with Gasteiger partial charge in [-0.15, -0.1) is 0 Å².